The van der Waals surface area contributed by atoms with Crippen molar-refractivity contribution >= 4 is 15.5 Å². The smallest absolute Gasteiger partial charge is 0.182 e. The lowest BCUT2D eigenvalue weighted by Crippen LogP contribution is -2.07. The molecule has 0 heterocycles. The first-order valence-corrected chi connectivity index (χ1v) is 7.90. The molecule has 0 fully saturated rings. The van der Waals surface area contributed by atoms with Gasteiger partial charge in [-0.05, 0) is 31.2 Å². The Kier molecular flexibility index (Phi) is 4.18. The van der Waals surface area contributed by atoms with E-state index < -0.39 is 15.7 Å². The molecule has 0 radical (unpaired) electrons. The van der Waals surface area contributed by atoms with Gasteiger partial charge in [-0.2, -0.15) is 0 Å². The molecule has 0 saturated carbocycles. The molecule has 2 aromatic carbocycles. The minimum Gasteiger partial charge on any atom is -0.496 e. The molecule has 0 aliphatic heterocycles. The molecular weight excluding hydrogens is 293 g/mol. The molecule has 21 heavy (non-hydrogen) atoms. The van der Waals surface area contributed by atoms with Gasteiger partial charge in [-0.25, -0.2) is 12.8 Å². The number of nitrogens with two attached hydrogens (primary N) is 1. The maximum absolute atomic E-state index is 13.4. The Hall–Kier alpha value is -2.08. The summed E-state index contributed by atoms with van der Waals surface area (Å²) in [6.45, 7) is 1.86. The number of anilines is 1. The van der Waals surface area contributed by atoms with E-state index in [2.05, 4.69) is 0 Å². The third-order valence-electron chi connectivity index (χ3n) is 3.11. The highest BCUT2D eigenvalue weighted by atomic mass is 32.2. The lowest BCUT2D eigenvalue weighted by atomic mass is 10.1. The van der Waals surface area contributed by atoms with Gasteiger partial charge in [0, 0.05) is 5.56 Å². The number of rotatable bonds is 4. The summed E-state index contributed by atoms with van der Waals surface area (Å²) in [5.74, 6) is -0.520. The predicted octanol–water partition coefficient (Wildman–Crippen LogP) is 2.70. The van der Waals surface area contributed by atoms with E-state index in [1.807, 2.05) is 13.0 Å². The third kappa shape index (κ3) is 3.33. The van der Waals surface area contributed by atoms with Gasteiger partial charge in [-0.3, -0.25) is 0 Å². The van der Waals surface area contributed by atoms with Crippen molar-refractivity contribution in [1.29, 1.82) is 0 Å². The molecule has 0 aliphatic carbocycles. The molecule has 0 unspecified atom stereocenters. The molecule has 0 aromatic heterocycles. The van der Waals surface area contributed by atoms with Crippen LogP contribution in [-0.4, -0.2) is 15.5 Å². The molecule has 112 valence electrons. The quantitative estimate of drug-likeness (QED) is 0.882. The number of hydrogen-bond donors (Lipinski definition) is 1. The van der Waals surface area contributed by atoms with Gasteiger partial charge >= 0.3 is 0 Å². The average molecular weight is 309 g/mol. The van der Waals surface area contributed by atoms with Crippen LogP contribution in [0.15, 0.2) is 41.3 Å². The van der Waals surface area contributed by atoms with Crippen LogP contribution in [0.2, 0.25) is 0 Å². The first-order chi connectivity index (χ1) is 9.83. The van der Waals surface area contributed by atoms with Gasteiger partial charge < -0.3 is 10.5 Å². The fourth-order valence-electron chi connectivity index (χ4n) is 2.01. The monoisotopic (exact) mass is 309 g/mol. The molecule has 2 N–H and O–H groups in total. The van der Waals surface area contributed by atoms with E-state index in [1.54, 1.807) is 12.1 Å². The first kappa shape index (κ1) is 15.3. The van der Waals surface area contributed by atoms with E-state index in [0.717, 1.165) is 11.6 Å². The highest BCUT2D eigenvalue weighted by molar-refractivity contribution is 7.90. The third-order valence-corrected chi connectivity index (χ3v) is 4.78. The number of benzene rings is 2. The maximum atomic E-state index is 13.4. The van der Waals surface area contributed by atoms with Crippen molar-refractivity contribution < 1.29 is 17.5 Å². The van der Waals surface area contributed by atoms with Crippen LogP contribution < -0.4 is 10.5 Å². The summed E-state index contributed by atoms with van der Waals surface area (Å²) in [5, 5.41) is 0. The van der Waals surface area contributed by atoms with Crippen molar-refractivity contribution in [2.45, 2.75) is 17.6 Å². The number of hydrogen-bond acceptors (Lipinski definition) is 4. The number of sulfone groups is 1. The Morgan fingerprint density at radius 2 is 1.90 bits per heavy atom. The maximum Gasteiger partial charge on any atom is 0.182 e. The second-order valence-corrected chi connectivity index (χ2v) is 6.75. The van der Waals surface area contributed by atoms with E-state index in [4.69, 9.17) is 10.5 Å². The van der Waals surface area contributed by atoms with Crippen LogP contribution in [0.4, 0.5) is 10.1 Å². The molecule has 4 nitrogen and oxygen atoms in total. The zero-order chi connectivity index (χ0) is 15.6. The van der Waals surface area contributed by atoms with Gasteiger partial charge in [0.1, 0.15) is 11.6 Å². The van der Waals surface area contributed by atoms with Crippen molar-refractivity contribution in [3.63, 3.8) is 0 Å². The van der Waals surface area contributed by atoms with Crippen molar-refractivity contribution in [2.24, 2.45) is 0 Å². The normalized spacial score (nSPS) is 11.4. The number of aryl methyl sites for hydroxylation is 1. The molecule has 0 atom stereocenters. The fourth-order valence-corrected chi connectivity index (χ4v) is 3.37. The molecule has 2 aromatic rings. The average Bonchev–Trinajstić information content (AvgIpc) is 2.41. The number of nitrogen functional groups attached to an aromatic ring is 1. The SMILES string of the molecule is COc1ccc(C)cc1CS(=O)(=O)c1ccc(N)c(F)c1. The summed E-state index contributed by atoms with van der Waals surface area (Å²) in [4.78, 5) is -0.0993. The van der Waals surface area contributed by atoms with Gasteiger partial charge in [-0.1, -0.05) is 17.7 Å². The molecule has 6 heteroatoms. The minimum absolute atomic E-state index is 0.0814. The summed E-state index contributed by atoms with van der Waals surface area (Å²) in [6.07, 6.45) is 0. The van der Waals surface area contributed by atoms with Gasteiger partial charge in [0.15, 0.2) is 9.84 Å². The zero-order valence-electron chi connectivity index (χ0n) is 11.8. The van der Waals surface area contributed by atoms with Crippen LogP contribution in [0, 0.1) is 12.7 Å². The Balaban J connectivity index is 2.41. The van der Waals surface area contributed by atoms with E-state index in [9.17, 15) is 12.8 Å². The summed E-state index contributed by atoms with van der Waals surface area (Å²) in [7, 11) is -2.20. The molecule has 2 rings (SSSR count). The Morgan fingerprint density at radius 1 is 1.19 bits per heavy atom. The van der Waals surface area contributed by atoms with Gasteiger partial charge in [0.2, 0.25) is 0 Å². The van der Waals surface area contributed by atoms with E-state index in [-0.39, 0.29) is 16.3 Å². The number of halogens is 1. The van der Waals surface area contributed by atoms with Crippen molar-refractivity contribution in [3.8, 4) is 5.75 Å². The molecule has 0 saturated heterocycles. The molecule has 0 aliphatic rings. The largest absolute Gasteiger partial charge is 0.496 e. The van der Waals surface area contributed by atoms with Crippen LogP contribution >= 0.6 is 0 Å². The molecule has 0 spiro atoms. The highest BCUT2D eigenvalue weighted by Crippen LogP contribution is 2.26. The predicted molar refractivity (Wildman–Crippen MR) is 79.4 cm³/mol. The van der Waals surface area contributed by atoms with Crippen LogP contribution in [0.1, 0.15) is 11.1 Å². The lowest BCUT2D eigenvalue weighted by Gasteiger charge is -2.10. The van der Waals surface area contributed by atoms with Gasteiger partial charge in [-0.15, -0.1) is 0 Å². The van der Waals surface area contributed by atoms with Crippen molar-refractivity contribution in [1.82, 2.24) is 0 Å². The Bertz CT molecular complexity index is 772. The first-order valence-electron chi connectivity index (χ1n) is 6.25. The van der Waals surface area contributed by atoms with Crippen LogP contribution in [-0.2, 0) is 15.6 Å². The standard InChI is InChI=1S/C15H16FNO3S/c1-10-3-6-15(20-2)11(7-10)9-21(18,19)12-4-5-14(17)13(16)8-12/h3-8H,9,17H2,1-2H3. The van der Waals surface area contributed by atoms with E-state index in [0.29, 0.717) is 11.3 Å². The minimum atomic E-state index is -3.68. The second kappa shape index (κ2) is 5.73. The van der Waals surface area contributed by atoms with Gasteiger partial charge in [0.05, 0.1) is 23.4 Å². The lowest BCUT2D eigenvalue weighted by molar-refractivity contribution is 0.411. The van der Waals surface area contributed by atoms with Crippen molar-refractivity contribution in [2.75, 3.05) is 12.8 Å². The highest BCUT2D eigenvalue weighted by Gasteiger charge is 2.19. The van der Waals surface area contributed by atoms with Crippen LogP contribution in [0.5, 0.6) is 5.75 Å². The molecular formula is C15H16FNO3S. The summed E-state index contributed by atoms with van der Waals surface area (Å²) >= 11 is 0. The van der Waals surface area contributed by atoms with E-state index >= 15 is 0 Å². The Labute approximate surface area is 123 Å². The summed E-state index contributed by atoms with van der Waals surface area (Å²) in [6, 6.07) is 8.77. The molecule has 0 bridgehead atoms. The number of ether oxygens (including phenoxy) is 1. The summed E-state index contributed by atoms with van der Waals surface area (Å²) < 4.78 is 43.4. The van der Waals surface area contributed by atoms with Crippen molar-refractivity contribution in [3.05, 3.63) is 53.3 Å². The zero-order valence-corrected chi connectivity index (χ0v) is 12.6. The van der Waals surface area contributed by atoms with Crippen LogP contribution in [0.3, 0.4) is 0 Å². The van der Waals surface area contributed by atoms with E-state index in [1.165, 1.54) is 19.2 Å². The summed E-state index contributed by atoms with van der Waals surface area (Å²) in [5.41, 5.74) is 6.74. The van der Waals surface area contributed by atoms with Gasteiger partial charge in [0.25, 0.3) is 0 Å². The Morgan fingerprint density at radius 3 is 2.52 bits per heavy atom. The van der Waals surface area contributed by atoms with Crippen LogP contribution in [0.25, 0.3) is 0 Å². The fraction of sp³-hybridized carbons (Fsp3) is 0.200. The number of methoxy groups -OCH3 is 1. The second-order valence-electron chi connectivity index (χ2n) is 4.76. The topological polar surface area (TPSA) is 69.4 Å². The molecule has 0 amide bonds.